The van der Waals surface area contributed by atoms with Crippen LogP contribution in [0.3, 0.4) is 0 Å². The zero-order valence-electron chi connectivity index (χ0n) is 12.9. The normalized spacial score (nSPS) is 16.8. The molecule has 1 aliphatic heterocycles. The van der Waals surface area contributed by atoms with Gasteiger partial charge in [0.15, 0.2) is 0 Å². The molecule has 24 heavy (non-hydrogen) atoms. The van der Waals surface area contributed by atoms with Gasteiger partial charge in [-0.15, -0.1) is 0 Å². The van der Waals surface area contributed by atoms with Crippen molar-refractivity contribution in [3.63, 3.8) is 0 Å². The first-order valence-electron chi connectivity index (χ1n) is 7.81. The fourth-order valence-electron chi connectivity index (χ4n) is 3.41. The van der Waals surface area contributed by atoms with Crippen LogP contribution in [0.15, 0.2) is 54.7 Å². The second-order valence-electron chi connectivity index (χ2n) is 6.02. The van der Waals surface area contributed by atoms with Crippen LogP contribution >= 0.6 is 0 Å². The molecule has 0 saturated carbocycles. The minimum Gasteiger partial charge on any atom is -0.481 e. The largest absolute Gasteiger partial charge is 0.481 e. The van der Waals surface area contributed by atoms with Crippen LogP contribution in [0.5, 0.6) is 0 Å². The fraction of sp³-hybridized carbons (Fsp3) is 0.158. The molecule has 2 N–H and O–H groups in total. The van der Waals surface area contributed by atoms with Crippen molar-refractivity contribution in [2.75, 3.05) is 6.54 Å². The summed E-state index contributed by atoms with van der Waals surface area (Å²) in [6, 6.07) is 14.9. The third-order valence-electron chi connectivity index (χ3n) is 4.60. The summed E-state index contributed by atoms with van der Waals surface area (Å²) in [5, 5.41) is 10.5. The van der Waals surface area contributed by atoms with Gasteiger partial charge in [-0.3, -0.25) is 9.59 Å². The van der Waals surface area contributed by atoms with Crippen LogP contribution in [0.1, 0.15) is 27.4 Å². The van der Waals surface area contributed by atoms with Crippen LogP contribution in [-0.2, 0) is 11.3 Å². The smallest absolute Gasteiger partial charge is 0.312 e. The van der Waals surface area contributed by atoms with Crippen molar-refractivity contribution >= 4 is 22.8 Å². The van der Waals surface area contributed by atoms with E-state index in [1.807, 2.05) is 42.5 Å². The van der Waals surface area contributed by atoms with Gasteiger partial charge in [-0.2, -0.15) is 0 Å². The van der Waals surface area contributed by atoms with Crippen LogP contribution in [0.2, 0.25) is 0 Å². The molecule has 0 fully saturated rings. The molecule has 1 atom stereocenters. The quantitative estimate of drug-likeness (QED) is 0.762. The van der Waals surface area contributed by atoms with Gasteiger partial charge in [-0.25, -0.2) is 0 Å². The molecule has 5 heteroatoms. The third kappa shape index (κ3) is 2.25. The molecule has 3 aromatic rings. The molecule has 1 aliphatic rings. The van der Waals surface area contributed by atoms with E-state index in [4.69, 9.17) is 0 Å². The van der Waals surface area contributed by atoms with Gasteiger partial charge in [0.2, 0.25) is 0 Å². The van der Waals surface area contributed by atoms with E-state index >= 15 is 0 Å². The number of nitrogens with one attached hydrogen (secondary N) is 1. The molecular weight excluding hydrogens is 304 g/mol. The number of carbonyl (C=O) groups is 2. The molecule has 2 heterocycles. The van der Waals surface area contributed by atoms with Gasteiger partial charge in [-0.05, 0) is 23.3 Å². The Hall–Kier alpha value is -3.08. The van der Waals surface area contributed by atoms with Gasteiger partial charge in [0, 0.05) is 24.7 Å². The number of nitrogens with zero attached hydrogens (tertiary/aromatic N) is 1. The molecule has 1 aromatic heterocycles. The predicted molar refractivity (Wildman–Crippen MR) is 89.9 cm³/mol. The number of amides is 1. The highest BCUT2D eigenvalue weighted by Gasteiger charge is 2.33. The highest BCUT2D eigenvalue weighted by atomic mass is 16.4. The number of fused-ring (bicyclic) bond motifs is 2. The molecule has 0 spiro atoms. The van der Waals surface area contributed by atoms with Crippen molar-refractivity contribution in [3.05, 3.63) is 71.4 Å². The van der Waals surface area contributed by atoms with Crippen molar-refractivity contribution in [1.29, 1.82) is 0 Å². The molecule has 1 amide bonds. The first kappa shape index (κ1) is 14.5. The van der Waals surface area contributed by atoms with E-state index in [0.717, 1.165) is 22.0 Å². The molecule has 4 rings (SSSR count). The summed E-state index contributed by atoms with van der Waals surface area (Å²) in [6.45, 7) is 0.609. The van der Waals surface area contributed by atoms with Crippen LogP contribution < -0.4 is 0 Å². The topological polar surface area (TPSA) is 73.4 Å². The van der Waals surface area contributed by atoms with Crippen LogP contribution in [-0.4, -0.2) is 33.4 Å². The molecule has 0 radical (unpaired) electrons. The van der Waals surface area contributed by atoms with E-state index in [1.165, 1.54) is 0 Å². The maximum Gasteiger partial charge on any atom is 0.312 e. The Kier molecular flexibility index (Phi) is 3.34. The Morgan fingerprint density at radius 2 is 1.92 bits per heavy atom. The summed E-state index contributed by atoms with van der Waals surface area (Å²) in [5.41, 5.74) is 3.05. The molecule has 120 valence electrons. The van der Waals surface area contributed by atoms with E-state index in [0.29, 0.717) is 12.1 Å². The maximum atomic E-state index is 13.0. The average molecular weight is 320 g/mol. The minimum atomic E-state index is -0.905. The molecule has 1 unspecified atom stereocenters. The lowest BCUT2D eigenvalue weighted by Gasteiger charge is -2.33. The number of carboxylic acid groups (broad SMARTS) is 1. The second kappa shape index (κ2) is 5.53. The van der Waals surface area contributed by atoms with Crippen molar-refractivity contribution in [3.8, 4) is 0 Å². The maximum absolute atomic E-state index is 13.0. The van der Waals surface area contributed by atoms with Gasteiger partial charge in [0.1, 0.15) is 0 Å². The van der Waals surface area contributed by atoms with Crippen LogP contribution in [0, 0.1) is 0 Å². The molecule has 0 aliphatic carbocycles. The number of carbonyl (C=O) groups excluding carboxylic acids is 1. The number of aromatic nitrogens is 1. The third-order valence-corrected chi connectivity index (χ3v) is 4.60. The van der Waals surface area contributed by atoms with E-state index in [9.17, 15) is 14.7 Å². The number of hydrogen-bond acceptors (Lipinski definition) is 2. The summed E-state index contributed by atoms with van der Waals surface area (Å²) in [4.78, 5) is 29.4. The number of carboxylic acids is 1. The standard InChI is InChI=1S/C19H16N2O3/c22-18(15-7-3-5-12-8-9-20-17(12)15)21-10-13-4-1-2-6-14(13)16(11-21)19(23)24/h1-9,16,20H,10-11H2,(H,23,24). The van der Waals surface area contributed by atoms with Crippen LogP contribution in [0.25, 0.3) is 10.9 Å². The molecule has 2 aromatic carbocycles. The van der Waals surface area contributed by atoms with E-state index in [2.05, 4.69) is 4.98 Å². The van der Waals surface area contributed by atoms with E-state index in [1.54, 1.807) is 17.2 Å². The number of para-hydroxylation sites is 1. The van der Waals surface area contributed by atoms with Gasteiger partial charge in [0.05, 0.1) is 17.0 Å². The Morgan fingerprint density at radius 3 is 2.75 bits per heavy atom. The first-order valence-corrected chi connectivity index (χ1v) is 7.81. The summed E-state index contributed by atoms with van der Waals surface area (Å²) in [6.07, 6.45) is 1.80. The zero-order valence-corrected chi connectivity index (χ0v) is 12.9. The highest BCUT2D eigenvalue weighted by molar-refractivity contribution is 6.06. The lowest BCUT2D eigenvalue weighted by atomic mass is 9.89. The Bertz CT molecular complexity index is 944. The minimum absolute atomic E-state index is 0.149. The highest BCUT2D eigenvalue weighted by Crippen LogP contribution is 2.30. The van der Waals surface area contributed by atoms with Crippen LogP contribution in [0.4, 0.5) is 0 Å². The Labute approximate surface area is 138 Å². The van der Waals surface area contributed by atoms with E-state index < -0.39 is 11.9 Å². The van der Waals surface area contributed by atoms with Crippen molar-refractivity contribution in [2.45, 2.75) is 12.5 Å². The number of H-pyrrole nitrogens is 1. The number of aromatic amines is 1. The summed E-state index contributed by atoms with van der Waals surface area (Å²) in [7, 11) is 0. The molecule has 0 saturated heterocycles. The number of hydrogen-bond donors (Lipinski definition) is 2. The van der Waals surface area contributed by atoms with Crippen molar-refractivity contribution < 1.29 is 14.7 Å². The molecule has 5 nitrogen and oxygen atoms in total. The zero-order chi connectivity index (χ0) is 16.7. The monoisotopic (exact) mass is 320 g/mol. The van der Waals surface area contributed by atoms with Gasteiger partial charge < -0.3 is 15.0 Å². The summed E-state index contributed by atoms with van der Waals surface area (Å²) >= 11 is 0. The second-order valence-corrected chi connectivity index (χ2v) is 6.02. The lowest BCUT2D eigenvalue weighted by molar-refractivity contribution is -0.139. The lowest BCUT2D eigenvalue weighted by Crippen LogP contribution is -2.40. The van der Waals surface area contributed by atoms with Crippen molar-refractivity contribution in [2.24, 2.45) is 0 Å². The SMILES string of the molecule is O=C(O)C1CN(C(=O)c2cccc3cc[nH]c23)Cc2ccccc21. The fourth-order valence-corrected chi connectivity index (χ4v) is 3.41. The number of rotatable bonds is 2. The summed E-state index contributed by atoms with van der Waals surface area (Å²) in [5.74, 6) is -1.75. The predicted octanol–water partition coefficient (Wildman–Crippen LogP) is 2.99. The number of benzene rings is 2. The van der Waals surface area contributed by atoms with Gasteiger partial charge in [-0.1, -0.05) is 36.4 Å². The molecule has 0 bridgehead atoms. The Morgan fingerprint density at radius 1 is 1.08 bits per heavy atom. The van der Waals surface area contributed by atoms with Gasteiger partial charge >= 0.3 is 5.97 Å². The number of aliphatic carboxylic acids is 1. The van der Waals surface area contributed by atoms with E-state index in [-0.39, 0.29) is 12.5 Å². The summed E-state index contributed by atoms with van der Waals surface area (Å²) < 4.78 is 0. The van der Waals surface area contributed by atoms with Crippen molar-refractivity contribution in [1.82, 2.24) is 9.88 Å². The average Bonchev–Trinajstić information content (AvgIpc) is 3.08. The first-order chi connectivity index (χ1) is 11.6. The molecular formula is C19H16N2O3. The Balaban J connectivity index is 1.74. The van der Waals surface area contributed by atoms with Gasteiger partial charge in [0.25, 0.3) is 5.91 Å².